The van der Waals surface area contributed by atoms with Gasteiger partial charge in [-0.15, -0.1) is 0 Å². The second kappa shape index (κ2) is 4.28. The monoisotopic (exact) mass is 234 g/mol. The van der Waals surface area contributed by atoms with Crippen molar-refractivity contribution in [3.05, 3.63) is 24.3 Å². The van der Waals surface area contributed by atoms with Crippen LogP contribution in [0.2, 0.25) is 0 Å². The van der Waals surface area contributed by atoms with E-state index in [1.54, 1.807) is 0 Å². The highest BCUT2D eigenvalue weighted by atomic mass is 32.1. The number of carbonyl (C=O) groups excluding carboxylic acids is 1. The number of hydrogen-bond acceptors (Lipinski definition) is 3. The maximum absolute atomic E-state index is 11.4. The number of benzene rings is 1. The molecule has 0 radical (unpaired) electrons. The van der Waals surface area contributed by atoms with E-state index in [2.05, 4.69) is 27.5 Å². The molecule has 2 rings (SSSR count). The molecule has 0 aliphatic heterocycles. The molecule has 1 aromatic carbocycles. The Morgan fingerprint density at radius 1 is 1.50 bits per heavy atom. The molecule has 0 atom stereocenters. The van der Waals surface area contributed by atoms with Crippen LogP contribution < -0.4 is 11.1 Å². The number of carbonyl (C=O) groups is 1. The van der Waals surface area contributed by atoms with Gasteiger partial charge in [0.05, 0.1) is 22.4 Å². The van der Waals surface area contributed by atoms with E-state index < -0.39 is 0 Å². The smallest absolute Gasteiger partial charge is 0.233 e. The Hall–Kier alpha value is -1.95. The molecule has 0 fully saturated rings. The standard InChI is InChI=1S/C10H10N4OS/c11-8(16)5-9(15)14-10-12-6-3-1-2-4-7(6)13-10/h1-4H,5H2,(H2,11,16)(H2,12,13,14,15). The second-order valence-corrected chi connectivity index (χ2v) is 3.82. The van der Waals surface area contributed by atoms with E-state index in [1.165, 1.54) is 0 Å². The molecule has 0 aliphatic rings. The van der Waals surface area contributed by atoms with Crippen molar-refractivity contribution in [2.24, 2.45) is 5.73 Å². The third kappa shape index (κ3) is 2.34. The van der Waals surface area contributed by atoms with E-state index in [4.69, 9.17) is 5.73 Å². The molecule has 0 unspecified atom stereocenters. The molecule has 16 heavy (non-hydrogen) atoms. The number of thiocarbonyl (C=S) groups is 1. The number of hydrogen-bond donors (Lipinski definition) is 3. The number of nitrogens with zero attached hydrogens (tertiary/aromatic N) is 1. The summed E-state index contributed by atoms with van der Waals surface area (Å²) in [5.41, 5.74) is 6.93. The molecule has 2 aromatic rings. The largest absolute Gasteiger partial charge is 0.393 e. The predicted octanol–water partition coefficient (Wildman–Crippen LogP) is 1.18. The Kier molecular flexibility index (Phi) is 2.82. The first-order valence-electron chi connectivity index (χ1n) is 4.68. The van der Waals surface area contributed by atoms with Gasteiger partial charge < -0.3 is 10.7 Å². The van der Waals surface area contributed by atoms with Crippen molar-refractivity contribution in [3.63, 3.8) is 0 Å². The van der Waals surface area contributed by atoms with Crippen LogP contribution in [0.3, 0.4) is 0 Å². The summed E-state index contributed by atoms with van der Waals surface area (Å²) in [5, 5.41) is 2.59. The number of fused-ring (bicyclic) bond motifs is 1. The maximum Gasteiger partial charge on any atom is 0.233 e. The van der Waals surface area contributed by atoms with Crippen molar-refractivity contribution in [1.29, 1.82) is 0 Å². The van der Waals surface area contributed by atoms with Crippen LogP contribution in [0.4, 0.5) is 5.95 Å². The third-order valence-corrected chi connectivity index (χ3v) is 2.13. The van der Waals surface area contributed by atoms with Crippen molar-refractivity contribution in [1.82, 2.24) is 9.97 Å². The summed E-state index contributed by atoms with van der Waals surface area (Å²) in [4.78, 5) is 18.7. The lowest BCUT2D eigenvalue weighted by molar-refractivity contribution is -0.115. The fourth-order valence-electron chi connectivity index (χ4n) is 1.35. The van der Waals surface area contributed by atoms with Crippen LogP contribution in [0.5, 0.6) is 0 Å². The summed E-state index contributed by atoms with van der Waals surface area (Å²) in [6.45, 7) is 0. The zero-order chi connectivity index (χ0) is 11.5. The Bertz CT molecular complexity index is 515. The van der Waals surface area contributed by atoms with E-state index in [9.17, 15) is 4.79 Å². The van der Waals surface area contributed by atoms with Crippen molar-refractivity contribution >= 4 is 40.1 Å². The lowest BCUT2D eigenvalue weighted by atomic mass is 10.3. The van der Waals surface area contributed by atoms with Gasteiger partial charge in [0.25, 0.3) is 0 Å². The molecule has 0 spiro atoms. The lowest BCUT2D eigenvalue weighted by Gasteiger charge is -1.99. The summed E-state index contributed by atoms with van der Waals surface area (Å²) in [5.74, 6) is 0.133. The predicted molar refractivity (Wildman–Crippen MR) is 66.1 cm³/mol. The third-order valence-electron chi connectivity index (χ3n) is 1.98. The number of nitrogens with two attached hydrogens (primary N) is 1. The number of H-pyrrole nitrogens is 1. The van der Waals surface area contributed by atoms with Crippen LogP contribution in [0.15, 0.2) is 24.3 Å². The summed E-state index contributed by atoms with van der Waals surface area (Å²) in [6.07, 6.45) is 0.0202. The SMILES string of the molecule is NC(=S)CC(=O)Nc1nc2ccccc2[nH]1. The number of rotatable bonds is 3. The van der Waals surface area contributed by atoms with Crippen LogP contribution in [0.1, 0.15) is 6.42 Å². The normalized spacial score (nSPS) is 10.2. The van der Waals surface area contributed by atoms with Gasteiger partial charge in [-0.3, -0.25) is 10.1 Å². The van der Waals surface area contributed by atoms with Crippen LogP contribution in [0.25, 0.3) is 11.0 Å². The van der Waals surface area contributed by atoms with Gasteiger partial charge in [0, 0.05) is 0 Å². The molecule has 0 aliphatic carbocycles. The zero-order valence-electron chi connectivity index (χ0n) is 8.36. The average molecular weight is 234 g/mol. The summed E-state index contributed by atoms with van der Waals surface area (Å²) < 4.78 is 0. The Morgan fingerprint density at radius 2 is 2.25 bits per heavy atom. The van der Waals surface area contributed by atoms with Crippen molar-refractivity contribution in [3.8, 4) is 0 Å². The Morgan fingerprint density at radius 3 is 2.94 bits per heavy atom. The van der Waals surface area contributed by atoms with Gasteiger partial charge in [0.15, 0.2) is 0 Å². The van der Waals surface area contributed by atoms with E-state index in [1.807, 2.05) is 24.3 Å². The minimum absolute atomic E-state index is 0.0202. The number of para-hydroxylation sites is 2. The summed E-state index contributed by atoms with van der Waals surface area (Å²) in [6, 6.07) is 7.51. The number of aromatic amines is 1. The molecule has 1 heterocycles. The Labute approximate surface area is 97.0 Å². The second-order valence-electron chi connectivity index (χ2n) is 3.29. The van der Waals surface area contributed by atoms with Gasteiger partial charge in [0.2, 0.25) is 11.9 Å². The van der Waals surface area contributed by atoms with Gasteiger partial charge in [-0.2, -0.15) is 0 Å². The van der Waals surface area contributed by atoms with E-state index in [0.29, 0.717) is 5.95 Å². The topological polar surface area (TPSA) is 83.8 Å². The van der Waals surface area contributed by atoms with Crippen molar-refractivity contribution < 1.29 is 4.79 Å². The molecule has 0 saturated heterocycles. The molecule has 5 nitrogen and oxygen atoms in total. The number of anilines is 1. The maximum atomic E-state index is 11.4. The van der Waals surface area contributed by atoms with Crippen LogP contribution in [0, 0.1) is 0 Å². The fourth-order valence-corrected chi connectivity index (χ4v) is 1.48. The molecular weight excluding hydrogens is 224 g/mol. The first kappa shape index (κ1) is 10.6. The molecule has 1 aromatic heterocycles. The van der Waals surface area contributed by atoms with E-state index in [0.717, 1.165) is 11.0 Å². The molecule has 82 valence electrons. The number of imidazole rings is 1. The van der Waals surface area contributed by atoms with Gasteiger partial charge in [-0.05, 0) is 12.1 Å². The van der Waals surface area contributed by atoms with Crippen molar-refractivity contribution in [2.45, 2.75) is 6.42 Å². The zero-order valence-corrected chi connectivity index (χ0v) is 9.17. The first-order chi connectivity index (χ1) is 7.65. The van der Waals surface area contributed by atoms with Crippen LogP contribution >= 0.6 is 12.2 Å². The fraction of sp³-hybridized carbons (Fsp3) is 0.100. The number of amides is 1. The summed E-state index contributed by atoms with van der Waals surface area (Å²) >= 11 is 4.64. The lowest BCUT2D eigenvalue weighted by Crippen LogP contribution is -2.20. The van der Waals surface area contributed by atoms with E-state index in [-0.39, 0.29) is 17.3 Å². The quantitative estimate of drug-likeness (QED) is 0.696. The molecule has 1 amide bonds. The highest BCUT2D eigenvalue weighted by Gasteiger charge is 2.07. The van der Waals surface area contributed by atoms with Gasteiger partial charge in [-0.1, -0.05) is 24.4 Å². The highest BCUT2D eigenvalue weighted by Crippen LogP contribution is 2.13. The van der Waals surface area contributed by atoms with E-state index >= 15 is 0 Å². The minimum atomic E-state index is -0.272. The average Bonchev–Trinajstić information content (AvgIpc) is 2.57. The molecule has 0 saturated carbocycles. The number of nitrogens with one attached hydrogen (secondary N) is 2. The minimum Gasteiger partial charge on any atom is -0.393 e. The van der Waals surface area contributed by atoms with Gasteiger partial charge in [-0.25, -0.2) is 4.98 Å². The first-order valence-corrected chi connectivity index (χ1v) is 5.09. The Balaban J connectivity index is 2.15. The van der Waals surface area contributed by atoms with Gasteiger partial charge in [0.1, 0.15) is 0 Å². The van der Waals surface area contributed by atoms with Crippen molar-refractivity contribution in [2.75, 3.05) is 5.32 Å². The number of aromatic nitrogens is 2. The molecule has 4 N–H and O–H groups in total. The van der Waals surface area contributed by atoms with Gasteiger partial charge >= 0.3 is 0 Å². The van der Waals surface area contributed by atoms with Crippen LogP contribution in [-0.4, -0.2) is 20.9 Å². The van der Waals surface area contributed by atoms with Crippen LogP contribution in [-0.2, 0) is 4.79 Å². The highest BCUT2D eigenvalue weighted by molar-refractivity contribution is 7.80. The molecule has 6 heteroatoms. The molecular formula is C10H10N4OS. The summed E-state index contributed by atoms with van der Waals surface area (Å²) in [7, 11) is 0. The molecule has 0 bridgehead atoms.